The SMILES string of the molecule is CCCOc1ccc(N=C(N)CC(=O)c2ccccc2)cc1. The minimum atomic E-state index is -0.0373. The number of carbonyl (C=O) groups is 1. The summed E-state index contributed by atoms with van der Waals surface area (Å²) in [5.74, 6) is 1.07. The van der Waals surface area contributed by atoms with Crippen molar-refractivity contribution in [2.24, 2.45) is 10.7 Å². The van der Waals surface area contributed by atoms with E-state index in [1.807, 2.05) is 42.5 Å². The summed E-state index contributed by atoms with van der Waals surface area (Å²) in [6, 6.07) is 16.4. The second-order valence-corrected chi connectivity index (χ2v) is 4.91. The summed E-state index contributed by atoms with van der Waals surface area (Å²) < 4.78 is 5.50. The Kier molecular flexibility index (Phi) is 5.72. The summed E-state index contributed by atoms with van der Waals surface area (Å²) in [6.45, 7) is 2.75. The van der Waals surface area contributed by atoms with Crippen molar-refractivity contribution in [3.63, 3.8) is 0 Å². The van der Waals surface area contributed by atoms with Gasteiger partial charge in [0.2, 0.25) is 0 Å². The van der Waals surface area contributed by atoms with E-state index in [1.165, 1.54) is 0 Å². The van der Waals surface area contributed by atoms with Crippen LogP contribution in [0.25, 0.3) is 0 Å². The molecule has 2 rings (SSSR count). The smallest absolute Gasteiger partial charge is 0.170 e. The number of ether oxygens (including phenoxy) is 1. The molecule has 0 radical (unpaired) electrons. The lowest BCUT2D eigenvalue weighted by Crippen LogP contribution is -2.16. The van der Waals surface area contributed by atoms with E-state index in [0.29, 0.717) is 23.7 Å². The molecule has 0 saturated carbocycles. The molecule has 0 heterocycles. The molecule has 2 aromatic carbocycles. The molecule has 114 valence electrons. The Morgan fingerprint density at radius 1 is 1.09 bits per heavy atom. The number of ketones is 1. The molecule has 4 heteroatoms. The van der Waals surface area contributed by atoms with Crippen LogP contribution >= 0.6 is 0 Å². The highest BCUT2D eigenvalue weighted by Crippen LogP contribution is 2.18. The van der Waals surface area contributed by atoms with Gasteiger partial charge in [-0.3, -0.25) is 4.79 Å². The number of rotatable bonds is 7. The number of carbonyl (C=O) groups excluding carboxylic acids is 1. The third-order valence-electron chi connectivity index (χ3n) is 3.02. The maximum atomic E-state index is 12.0. The lowest BCUT2D eigenvalue weighted by molar-refractivity contribution is 0.100. The van der Waals surface area contributed by atoms with E-state index in [2.05, 4.69) is 11.9 Å². The number of hydrogen-bond donors (Lipinski definition) is 1. The summed E-state index contributed by atoms with van der Waals surface area (Å²) in [6.07, 6.45) is 1.08. The molecule has 22 heavy (non-hydrogen) atoms. The number of nitrogens with zero attached hydrogens (tertiary/aromatic N) is 1. The van der Waals surface area contributed by atoms with Gasteiger partial charge in [-0.2, -0.15) is 0 Å². The molecule has 0 saturated heterocycles. The van der Waals surface area contributed by atoms with Crippen LogP contribution in [0.4, 0.5) is 5.69 Å². The zero-order valence-electron chi connectivity index (χ0n) is 12.7. The van der Waals surface area contributed by atoms with Crippen LogP contribution in [0.1, 0.15) is 30.1 Å². The largest absolute Gasteiger partial charge is 0.494 e. The van der Waals surface area contributed by atoms with E-state index in [9.17, 15) is 4.79 Å². The highest BCUT2D eigenvalue weighted by molar-refractivity contribution is 6.09. The quantitative estimate of drug-likeness (QED) is 0.481. The highest BCUT2D eigenvalue weighted by atomic mass is 16.5. The fourth-order valence-electron chi connectivity index (χ4n) is 1.93. The minimum absolute atomic E-state index is 0.0373. The van der Waals surface area contributed by atoms with Gasteiger partial charge < -0.3 is 10.5 Å². The third-order valence-corrected chi connectivity index (χ3v) is 3.02. The molecule has 2 N–H and O–H groups in total. The molecule has 4 nitrogen and oxygen atoms in total. The van der Waals surface area contributed by atoms with Crippen LogP contribution in [-0.4, -0.2) is 18.2 Å². The normalized spacial score (nSPS) is 11.2. The van der Waals surface area contributed by atoms with E-state index in [0.717, 1.165) is 12.2 Å². The van der Waals surface area contributed by atoms with Gasteiger partial charge in [-0.15, -0.1) is 0 Å². The monoisotopic (exact) mass is 296 g/mol. The van der Waals surface area contributed by atoms with Crippen LogP contribution < -0.4 is 10.5 Å². The maximum absolute atomic E-state index is 12.0. The molecule has 0 unspecified atom stereocenters. The van der Waals surface area contributed by atoms with Crippen LogP contribution in [0.5, 0.6) is 5.75 Å². The average molecular weight is 296 g/mol. The van der Waals surface area contributed by atoms with Gasteiger partial charge in [-0.05, 0) is 30.7 Å². The number of amidine groups is 1. The van der Waals surface area contributed by atoms with Gasteiger partial charge in [-0.1, -0.05) is 37.3 Å². The Bertz CT molecular complexity index is 634. The highest BCUT2D eigenvalue weighted by Gasteiger charge is 2.07. The number of Topliss-reactive ketones (excluding diaryl/α,β-unsaturated/α-hetero) is 1. The fraction of sp³-hybridized carbons (Fsp3) is 0.222. The lowest BCUT2D eigenvalue weighted by Gasteiger charge is -2.05. The van der Waals surface area contributed by atoms with E-state index in [-0.39, 0.29) is 12.2 Å². The van der Waals surface area contributed by atoms with E-state index >= 15 is 0 Å². The first-order valence-corrected chi connectivity index (χ1v) is 7.33. The van der Waals surface area contributed by atoms with Gasteiger partial charge in [0.25, 0.3) is 0 Å². The third kappa shape index (κ3) is 4.74. The predicted octanol–water partition coefficient (Wildman–Crippen LogP) is 3.74. The van der Waals surface area contributed by atoms with Crippen molar-refractivity contribution in [2.45, 2.75) is 19.8 Å². The van der Waals surface area contributed by atoms with Crippen molar-refractivity contribution in [1.29, 1.82) is 0 Å². The van der Waals surface area contributed by atoms with E-state index < -0.39 is 0 Å². The predicted molar refractivity (Wildman–Crippen MR) is 88.9 cm³/mol. The number of nitrogens with two attached hydrogens (primary N) is 1. The Morgan fingerprint density at radius 3 is 2.41 bits per heavy atom. The zero-order chi connectivity index (χ0) is 15.8. The zero-order valence-corrected chi connectivity index (χ0v) is 12.7. The summed E-state index contributed by atoms with van der Waals surface area (Å²) in [4.78, 5) is 16.3. The molecule has 0 amide bonds. The molecule has 0 aromatic heterocycles. The molecular formula is C18H20N2O2. The Labute approximate surface area is 130 Å². The topological polar surface area (TPSA) is 64.7 Å². The minimum Gasteiger partial charge on any atom is -0.494 e. The van der Waals surface area contributed by atoms with E-state index in [1.54, 1.807) is 12.1 Å². The van der Waals surface area contributed by atoms with Crippen LogP contribution in [0.2, 0.25) is 0 Å². The number of aliphatic imine (C=N–C) groups is 1. The standard InChI is InChI=1S/C18H20N2O2/c1-2-12-22-16-10-8-15(9-11-16)20-18(19)13-17(21)14-6-4-3-5-7-14/h3-11H,2,12-13H2,1H3,(H2,19,20). The first-order valence-electron chi connectivity index (χ1n) is 7.33. The summed E-state index contributed by atoms with van der Waals surface area (Å²) in [5.41, 5.74) is 7.21. The Hall–Kier alpha value is -2.62. The van der Waals surface area contributed by atoms with Crippen molar-refractivity contribution in [1.82, 2.24) is 0 Å². The van der Waals surface area contributed by atoms with Crippen molar-refractivity contribution in [3.05, 3.63) is 60.2 Å². The molecule has 0 spiro atoms. The van der Waals surface area contributed by atoms with Gasteiger partial charge >= 0.3 is 0 Å². The van der Waals surface area contributed by atoms with E-state index in [4.69, 9.17) is 10.5 Å². The second-order valence-electron chi connectivity index (χ2n) is 4.91. The Morgan fingerprint density at radius 2 is 1.77 bits per heavy atom. The van der Waals surface area contributed by atoms with Crippen LogP contribution in [0, 0.1) is 0 Å². The first-order chi connectivity index (χ1) is 10.7. The summed E-state index contributed by atoms with van der Waals surface area (Å²) in [7, 11) is 0. The number of hydrogen-bond acceptors (Lipinski definition) is 3. The van der Waals surface area contributed by atoms with Gasteiger partial charge in [0, 0.05) is 5.56 Å². The molecule has 0 atom stereocenters. The van der Waals surface area contributed by atoms with Gasteiger partial charge in [0.15, 0.2) is 5.78 Å². The second kappa shape index (κ2) is 7.98. The van der Waals surface area contributed by atoms with Gasteiger partial charge in [0.05, 0.1) is 18.7 Å². The Balaban J connectivity index is 1.98. The maximum Gasteiger partial charge on any atom is 0.170 e. The lowest BCUT2D eigenvalue weighted by atomic mass is 10.1. The molecule has 2 aromatic rings. The summed E-state index contributed by atoms with van der Waals surface area (Å²) in [5, 5.41) is 0. The van der Waals surface area contributed by atoms with Crippen molar-refractivity contribution in [2.75, 3.05) is 6.61 Å². The molecule has 0 bridgehead atoms. The average Bonchev–Trinajstić information content (AvgIpc) is 2.55. The van der Waals surface area contributed by atoms with Crippen LogP contribution in [0.3, 0.4) is 0 Å². The molecule has 0 aliphatic heterocycles. The van der Waals surface area contributed by atoms with Crippen molar-refractivity contribution in [3.8, 4) is 5.75 Å². The fourth-order valence-corrected chi connectivity index (χ4v) is 1.93. The van der Waals surface area contributed by atoms with Gasteiger partial charge in [-0.25, -0.2) is 4.99 Å². The van der Waals surface area contributed by atoms with Crippen molar-refractivity contribution >= 4 is 17.3 Å². The molecule has 0 aliphatic carbocycles. The number of benzene rings is 2. The van der Waals surface area contributed by atoms with Crippen LogP contribution in [-0.2, 0) is 0 Å². The molecular weight excluding hydrogens is 276 g/mol. The van der Waals surface area contributed by atoms with Gasteiger partial charge in [0.1, 0.15) is 11.6 Å². The van der Waals surface area contributed by atoms with Crippen molar-refractivity contribution < 1.29 is 9.53 Å². The molecule has 0 aliphatic rings. The first kappa shape index (κ1) is 15.8. The molecule has 0 fully saturated rings. The van der Waals surface area contributed by atoms with Crippen LogP contribution in [0.15, 0.2) is 59.6 Å². The summed E-state index contributed by atoms with van der Waals surface area (Å²) >= 11 is 0.